The van der Waals surface area contributed by atoms with E-state index < -0.39 is 0 Å². The summed E-state index contributed by atoms with van der Waals surface area (Å²) in [5, 5.41) is 17.8. The fraction of sp³-hybridized carbons (Fsp3) is 0.389. The molecule has 0 saturated carbocycles. The van der Waals surface area contributed by atoms with Crippen LogP contribution < -0.4 is 0 Å². The number of nitriles is 1. The van der Waals surface area contributed by atoms with E-state index >= 15 is 0 Å². The average Bonchev–Trinajstić information content (AvgIpc) is 3.10. The second-order valence-corrected chi connectivity index (χ2v) is 6.42. The highest BCUT2D eigenvalue weighted by Gasteiger charge is 2.47. The molecule has 1 atom stereocenters. The number of fused-ring (bicyclic) bond motifs is 5. The number of Topliss-reactive ketones (excluding diaryl/α,β-unsaturated/α-hetero) is 1. The van der Waals surface area contributed by atoms with Gasteiger partial charge in [-0.3, -0.25) is 9.89 Å². The third kappa shape index (κ3) is 1.57. The van der Waals surface area contributed by atoms with Crippen molar-refractivity contribution in [1.82, 2.24) is 10.2 Å². The molecule has 1 heterocycles. The van der Waals surface area contributed by atoms with Gasteiger partial charge in [0.05, 0.1) is 17.3 Å². The standard InChI is InChI=1S/C18H17N3O/c1-2-6-18-7-5-16(22)13(9-19)17(18)11-3-4-15-14(10-20-21-15)12(11)8-18/h3-4,10H,2,5-8H2,1H3,(H,20,21). The normalized spacial score (nSPS) is 23.5. The lowest BCUT2D eigenvalue weighted by Gasteiger charge is -2.34. The summed E-state index contributed by atoms with van der Waals surface area (Å²) in [6.07, 6.45) is 6.21. The molecular formula is C18H17N3O. The highest BCUT2D eigenvalue weighted by atomic mass is 16.1. The van der Waals surface area contributed by atoms with Gasteiger partial charge in [0.25, 0.3) is 0 Å². The van der Waals surface area contributed by atoms with Gasteiger partial charge in [-0.2, -0.15) is 10.4 Å². The molecule has 0 aliphatic heterocycles. The van der Waals surface area contributed by atoms with Crippen LogP contribution in [0.2, 0.25) is 0 Å². The van der Waals surface area contributed by atoms with Crippen LogP contribution in [-0.2, 0) is 11.2 Å². The van der Waals surface area contributed by atoms with Crippen molar-refractivity contribution in [2.45, 2.75) is 39.0 Å². The van der Waals surface area contributed by atoms with E-state index in [1.54, 1.807) is 0 Å². The van der Waals surface area contributed by atoms with Gasteiger partial charge in [0.2, 0.25) is 0 Å². The number of benzene rings is 1. The van der Waals surface area contributed by atoms with Crippen molar-refractivity contribution >= 4 is 22.3 Å². The fourth-order valence-electron chi connectivity index (χ4n) is 4.38. The number of hydrogen-bond donors (Lipinski definition) is 1. The number of allylic oxidation sites excluding steroid dienone is 2. The number of nitrogens with one attached hydrogen (secondary N) is 1. The van der Waals surface area contributed by atoms with Gasteiger partial charge in [-0.25, -0.2) is 0 Å². The zero-order valence-electron chi connectivity index (χ0n) is 12.6. The Morgan fingerprint density at radius 1 is 1.45 bits per heavy atom. The number of aromatic amines is 1. The van der Waals surface area contributed by atoms with Crippen LogP contribution in [0.25, 0.3) is 16.5 Å². The Balaban J connectivity index is 2.06. The molecule has 0 radical (unpaired) electrons. The SMILES string of the molecule is CCCC12CCC(=O)C(C#N)=C1c1ccc3[nH]ncc3c1C2. The lowest BCUT2D eigenvalue weighted by atomic mass is 9.67. The van der Waals surface area contributed by atoms with E-state index in [1.165, 1.54) is 5.56 Å². The quantitative estimate of drug-likeness (QED) is 0.920. The zero-order chi connectivity index (χ0) is 15.3. The highest BCUT2D eigenvalue weighted by Crippen LogP contribution is 2.57. The van der Waals surface area contributed by atoms with E-state index in [1.807, 2.05) is 12.3 Å². The molecule has 0 amide bonds. The summed E-state index contributed by atoms with van der Waals surface area (Å²) in [7, 11) is 0. The molecule has 1 unspecified atom stereocenters. The van der Waals surface area contributed by atoms with Crippen LogP contribution in [0.3, 0.4) is 0 Å². The Hall–Kier alpha value is -2.41. The van der Waals surface area contributed by atoms with Crippen LogP contribution in [0.1, 0.15) is 43.7 Å². The second kappa shape index (κ2) is 4.54. The molecule has 0 fully saturated rings. The van der Waals surface area contributed by atoms with Crippen molar-refractivity contribution in [2.24, 2.45) is 5.41 Å². The minimum absolute atomic E-state index is 0.00405. The van der Waals surface area contributed by atoms with Gasteiger partial charge in [0.1, 0.15) is 6.07 Å². The monoisotopic (exact) mass is 291 g/mol. The van der Waals surface area contributed by atoms with Crippen LogP contribution >= 0.6 is 0 Å². The molecule has 1 N–H and O–H groups in total. The van der Waals surface area contributed by atoms with E-state index in [2.05, 4.69) is 29.3 Å². The molecule has 4 heteroatoms. The average molecular weight is 291 g/mol. The Labute approximate surface area is 128 Å². The summed E-state index contributed by atoms with van der Waals surface area (Å²) in [5.74, 6) is 0.00405. The van der Waals surface area contributed by atoms with Gasteiger partial charge in [-0.05, 0) is 42.0 Å². The van der Waals surface area contributed by atoms with Gasteiger partial charge in [-0.1, -0.05) is 19.4 Å². The minimum Gasteiger partial charge on any atom is -0.293 e. The Bertz CT molecular complexity index is 868. The minimum atomic E-state index is -0.0401. The Kier molecular flexibility index (Phi) is 2.74. The molecule has 2 aromatic rings. The lowest BCUT2D eigenvalue weighted by molar-refractivity contribution is -0.116. The number of hydrogen-bond acceptors (Lipinski definition) is 3. The third-order valence-electron chi connectivity index (χ3n) is 5.25. The molecule has 0 bridgehead atoms. The van der Waals surface area contributed by atoms with Crippen molar-refractivity contribution in [2.75, 3.05) is 0 Å². The van der Waals surface area contributed by atoms with Crippen LogP contribution in [-0.4, -0.2) is 16.0 Å². The maximum absolute atomic E-state index is 12.2. The summed E-state index contributed by atoms with van der Waals surface area (Å²) in [6, 6.07) is 6.26. The fourth-order valence-corrected chi connectivity index (χ4v) is 4.38. The molecule has 0 spiro atoms. The van der Waals surface area contributed by atoms with Crippen LogP contribution in [0.15, 0.2) is 23.9 Å². The van der Waals surface area contributed by atoms with Crippen LogP contribution in [0, 0.1) is 16.7 Å². The number of carbonyl (C=O) groups excluding carboxylic acids is 1. The Morgan fingerprint density at radius 3 is 3.09 bits per heavy atom. The van der Waals surface area contributed by atoms with E-state index in [0.717, 1.165) is 47.7 Å². The summed E-state index contributed by atoms with van der Waals surface area (Å²) in [6.45, 7) is 2.17. The van der Waals surface area contributed by atoms with Crippen LogP contribution in [0.4, 0.5) is 0 Å². The van der Waals surface area contributed by atoms with Gasteiger partial charge in [0, 0.05) is 17.2 Å². The Morgan fingerprint density at radius 2 is 2.32 bits per heavy atom. The van der Waals surface area contributed by atoms with Crippen molar-refractivity contribution in [3.63, 3.8) is 0 Å². The van der Waals surface area contributed by atoms with Crippen LogP contribution in [0.5, 0.6) is 0 Å². The molecule has 2 aliphatic carbocycles. The molecule has 110 valence electrons. The number of carbonyl (C=O) groups is 1. The lowest BCUT2D eigenvalue weighted by Crippen LogP contribution is -2.28. The van der Waals surface area contributed by atoms with E-state index in [-0.39, 0.29) is 11.2 Å². The molecule has 0 saturated heterocycles. The van der Waals surface area contributed by atoms with Crippen molar-refractivity contribution < 1.29 is 4.79 Å². The molecule has 1 aromatic heterocycles. The number of ketones is 1. The van der Waals surface area contributed by atoms with Crippen molar-refractivity contribution in [3.8, 4) is 6.07 Å². The number of aromatic nitrogens is 2. The van der Waals surface area contributed by atoms with Gasteiger partial charge < -0.3 is 0 Å². The third-order valence-corrected chi connectivity index (χ3v) is 5.25. The molecule has 4 rings (SSSR count). The van der Waals surface area contributed by atoms with E-state index in [4.69, 9.17) is 0 Å². The first-order valence-electron chi connectivity index (χ1n) is 7.83. The topological polar surface area (TPSA) is 69.5 Å². The zero-order valence-corrected chi connectivity index (χ0v) is 12.6. The van der Waals surface area contributed by atoms with Gasteiger partial charge in [-0.15, -0.1) is 0 Å². The number of H-pyrrole nitrogens is 1. The van der Waals surface area contributed by atoms with E-state index in [9.17, 15) is 10.1 Å². The summed E-state index contributed by atoms with van der Waals surface area (Å²) in [4.78, 5) is 12.2. The molecule has 2 aliphatic rings. The molecular weight excluding hydrogens is 274 g/mol. The number of nitrogens with zero attached hydrogens (tertiary/aromatic N) is 2. The predicted octanol–water partition coefficient (Wildman–Crippen LogP) is 3.55. The van der Waals surface area contributed by atoms with E-state index in [0.29, 0.717) is 12.0 Å². The maximum Gasteiger partial charge on any atom is 0.173 e. The van der Waals surface area contributed by atoms with Gasteiger partial charge in [0.15, 0.2) is 5.78 Å². The molecule has 22 heavy (non-hydrogen) atoms. The summed E-state index contributed by atoms with van der Waals surface area (Å²) >= 11 is 0. The summed E-state index contributed by atoms with van der Waals surface area (Å²) < 4.78 is 0. The highest BCUT2D eigenvalue weighted by molar-refractivity contribution is 6.10. The maximum atomic E-state index is 12.2. The smallest absolute Gasteiger partial charge is 0.173 e. The number of rotatable bonds is 2. The molecule has 1 aromatic carbocycles. The molecule has 4 nitrogen and oxygen atoms in total. The summed E-state index contributed by atoms with van der Waals surface area (Å²) in [5.41, 5.74) is 4.72. The van der Waals surface area contributed by atoms with Crippen molar-refractivity contribution in [3.05, 3.63) is 35.0 Å². The first-order valence-corrected chi connectivity index (χ1v) is 7.83. The van der Waals surface area contributed by atoms with Crippen molar-refractivity contribution in [1.29, 1.82) is 5.26 Å². The first-order chi connectivity index (χ1) is 10.7. The first kappa shape index (κ1) is 13.3. The largest absolute Gasteiger partial charge is 0.293 e. The second-order valence-electron chi connectivity index (χ2n) is 6.42. The van der Waals surface area contributed by atoms with Gasteiger partial charge >= 0.3 is 0 Å². The predicted molar refractivity (Wildman–Crippen MR) is 83.9 cm³/mol.